The first kappa shape index (κ1) is 20.4. The number of carbonyl (C=O) groups excluding carboxylic acids is 1. The Morgan fingerprint density at radius 2 is 1.71 bits per heavy atom. The number of morpholine rings is 1. The predicted molar refractivity (Wildman–Crippen MR) is 104 cm³/mol. The predicted octanol–water partition coefficient (Wildman–Crippen LogP) is 3.85. The van der Waals surface area contributed by atoms with Crippen molar-refractivity contribution in [3.8, 4) is 0 Å². The fraction of sp³-hybridized carbons (Fsp3) is 0.409. The number of hydrogen-bond acceptors (Lipinski definition) is 3. The van der Waals surface area contributed by atoms with Crippen molar-refractivity contribution in [1.82, 2.24) is 10.2 Å². The minimum absolute atomic E-state index is 0.0808. The van der Waals surface area contributed by atoms with E-state index in [9.17, 15) is 13.6 Å². The van der Waals surface area contributed by atoms with Crippen LogP contribution in [-0.2, 0) is 9.53 Å². The van der Waals surface area contributed by atoms with Gasteiger partial charge in [-0.05, 0) is 41.3 Å². The molecular weight excluding hydrogens is 362 g/mol. The van der Waals surface area contributed by atoms with Gasteiger partial charge in [0.05, 0.1) is 25.3 Å². The molecule has 3 rings (SSSR count). The van der Waals surface area contributed by atoms with Gasteiger partial charge in [0, 0.05) is 13.1 Å². The van der Waals surface area contributed by atoms with Gasteiger partial charge in [0.1, 0.15) is 11.6 Å². The second kappa shape index (κ2) is 9.26. The molecule has 0 bridgehead atoms. The smallest absolute Gasteiger partial charge is 0.234 e. The maximum Gasteiger partial charge on any atom is 0.234 e. The number of benzene rings is 2. The summed E-state index contributed by atoms with van der Waals surface area (Å²) < 4.78 is 32.1. The molecule has 2 unspecified atom stereocenters. The van der Waals surface area contributed by atoms with Crippen LogP contribution in [0, 0.1) is 17.6 Å². The first-order chi connectivity index (χ1) is 13.4. The minimum Gasteiger partial charge on any atom is -0.371 e. The lowest BCUT2D eigenvalue weighted by Crippen LogP contribution is -2.45. The Morgan fingerprint density at radius 1 is 1.11 bits per heavy atom. The van der Waals surface area contributed by atoms with Gasteiger partial charge in [-0.15, -0.1) is 0 Å². The molecule has 28 heavy (non-hydrogen) atoms. The van der Waals surface area contributed by atoms with Crippen molar-refractivity contribution < 1.29 is 18.3 Å². The van der Waals surface area contributed by atoms with Crippen molar-refractivity contribution in [2.24, 2.45) is 5.92 Å². The molecule has 0 radical (unpaired) electrons. The zero-order valence-electron chi connectivity index (χ0n) is 16.2. The van der Waals surface area contributed by atoms with E-state index in [-0.39, 0.29) is 42.2 Å². The third-order valence-electron chi connectivity index (χ3n) is 4.97. The van der Waals surface area contributed by atoms with E-state index in [4.69, 9.17) is 4.74 Å². The third-order valence-corrected chi connectivity index (χ3v) is 4.97. The van der Waals surface area contributed by atoms with Crippen LogP contribution >= 0.6 is 0 Å². The van der Waals surface area contributed by atoms with Crippen LogP contribution in [0.5, 0.6) is 0 Å². The molecule has 1 aliphatic heterocycles. The molecule has 2 atom stereocenters. The summed E-state index contributed by atoms with van der Waals surface area (Å²) in [5, 5.41) is 3.07. The van der Waals surface area contributed by atoms with Crippen molar-refractivity contribution in [2.75, 3.05) is 26.2 Å². The Morgan fingerprint density at radius 3 is 2.32 bits per heavy atom. The molecule has 1 saturated heterocycles. The van der Waals surface area contributed by atoms with Crippen molar-refractivity contribution >= 4 is 5.91 Å². The quantitative estimate of drug-likeness (QED) is 0.817. The Labute approximate surface area is 164 Å². The number of hydrogen-bond donors (Lipinski definition) is 1. The lowest BCUT2D eigenvalue weighted by molar-refractivity contribution is -0.125. The van der Waals surface area contributed by atoms with Crippen LogP contribution in [-0.4, -0.2) is 37.0 Å². The summed E-state index contributed by atoms with van der Waals surface area (Å²) in [5.74, 6) is -0.483. The van der Waals surface area contributed by atoms with Crippen LogP contribution in [0.4, 0.5) is 8.78 Å². The maximum absolute atomic E-state index is 13.2. The van der Waals surface area contributed by atoms with Crippen LogP contribution in [0.15, 0.2) is 48.5 Å². The molecule has 2 aromatic carbocycles. The molecule has 1 amide bonds. The van der Waals surface area contributed by atoms with Gasteiger partial charge in [0.2, 0.25) is 5.91 Å². The van der Waals surface area contributed by atoms with E-state index in [1.54, 1.807) is 24.3 Å². The first-order valence-corrected chi connectivity index (χ1v) is 9.56. The van der Waals surface area contributed by atoms with Crippen LogP contribution in [0.2, 0.25) is 0 Å². The summed E-state index contributed by atoms with van der Waals surface area (Å²) in [6.45, 7) is 6.05. The summed E-state index contributed by atoms with van der Waals surface area (Å²) in [5.41, 5.74) is 1.79. The zero-order chi connectivity index (χ0) is 20.1. The molecule has 2 aromatic rings. The van der Waals surface area contributed by atoms with E-state index in [2.05, 4.69) is 5.32 Å². The number of rotatable bonds is 6. The van der Waals surface area contributed by atoms with Crippen LogP contribution in [0.1, 0.15) is 37.1 Å². The third kappa shape index (κ3) is 5.36. The summed E-state index contributed by atoms with van der Waals surface area (Å²) in [6.07, 6.45) is -0.180. The fourth-order valence-corrected chi connectivity index (χ4v) is 3.45. The zero-order valence-corrected chi connectivity index (χ0v) is 16.2. The largest absolute Gasteiger partial charge is 0.371 e. The molecule has 4 nitrogen and oxygen atoms in total. The fourth-order valence-electron chi connectivity index (χ4n) is 3.45. The summed E-state index contributed by atoms with van der Waals surface area (Å²) >= 11 is 0. The molecule has 150 valence electrons. The van der Waals surface area contributed by atoms with Gasteiger partial charge in [0.15, 0.2) is 0 Å². The highest BCUT2D eigenvalue weighted by molar-refractivity contribution is 5.78. The molecule has 1 heterocycles. The van der Waals surface area contributed by atoms with E-state index in [0.29, 0.717) is 19.7 Å². The molecule has 0 saturated carbocycles. The van der Waals surface area contributed by atoms with Crippen molar-refractivity contribution in [1.29, 1.82) is 0 Å². The number of amides is 1. The minimum atomic E-state index is -0.294. The monoisotopic (exact) mass is 388 g/mol. The average molecular weight is 388 g/mol. The van der Waals surface area contributed by atoms with E-state index >= 15 is 0 Å². The molecule has 0 aliphatic carbocycles. The van der Waals surface area contributed by atoms with Crippen LogP contribution in [0.25, 0.3) is 0 Å². The van der Waals surface area contributed by atoms with Gasteiger partial charge in [-0.25, -0.2) is 8.78 Å². The molecule has 6 heteroatoms. The molecule has 1 fully saturated rings. The SMILES string of the molecule is CC(C)C(NC(=O)CN1CCOC(c2ccc(F)cc2)C1)c1ccc(F)cc1. The lowest BCUT2D eigenvalue weighted by Gasteiger charge is -2.33. The first-order valence-electron chi connectivity index (χ1n) is 9.56. The van der Waals surface area contributed by atoms with Gasteiger partial charge in [0.25, 0.3) is 0 Å². The van der Waals surface area contributed by atoms with Gasteiger partial charge >= 0.3 is 0 Å². The van der Waals surface area contributed by atoms with Crippen LogP contribution in [0.3, 0.4) is 0 Å². The van der Waals surface area contributed by atoms with Gasteiger partial charge in [-0.3, -0.25) is 9.69 Å². The van der Waals surface area contributed by atoms with E-state index in [1.807, 2.05) is 18.7 Å². The highest BCUT2D eigenvalue weighted by atomic mass is 19.1. The Hall–Kier alpha value is -2.31. The molecule has 1 N–H and O–H groups in total. The topological polar surface area (TPSA) is 41.6 Å². The molecular formula is C22H26F2N2O2. The molecule has 0 aromatic heterocycles. The summed E-state index contributed by atoms with van der Waals surface area (Å²) in [7, 11) is 0. The van der Waals surface area contributed by atoms with Gasteiger partial charge in [-0.1, -0.05) is 38.1 Å². The second-order valence-electron chi connectivity index (χ2n) is 7.49. The van der Waals surface area contributed by atoms with Gasteiger partial charge in [-0.2, -0.15) is 0 Å². The number of halogens is 2. The van der Waals surface area contributed by atoms with E-state index < -0.39 is 0 Å². The Kier molecular flexibility index (Phi) is 6.75. The van der Waals surface area contributed by atoms with E-state index in [0.717, 1.165) is 11.1 Å². The number of nitrogens with zero attached hydrogens (tertiary/aromatic N) is 1. The number of carbonyl (C=O) groups is 1. The standard InChI is InChI=1S/C22H26F2N2O2/c1-15(2)22(17-5-9-19(24)10-6-17)25-21(27)14-26-11-12-28-20(13-26)16-3-7-18(23)8-4-16/h3-10,15,20,22H,11-14H2,1-2H3,(H,25,27). The average Bonchev–Trinajstić information content (AvgIpc) is 2.67. The normalized spacial score (nSPS) is 18.8. The molecule has 1 aliphatic rings. The second-order valence-corrected chi connectivity index (χ2v) is 7.49. The lowest BCUT2D eigenvalue weighted by atomic mass is 9.96. The van der Waals surface area contributed by atoms with Crippen LogP contribution < -0.4 is 5.32 Å². The number of ether oxygens (including phenoxy) is 1. The maximum atomic E-state index is 13.2. The van der Waals surface area contributed by atoms with E-state index in [1.165, 1.54) is 24.3 Å². The number of nitrogens with one attached hydrogen (secondary N) is 1. The highest BCUT2D eigenvalue weighted by Gasteiger charge is 2.25. The summed E-state index contributed by atoms with van der Waals surface area (Å²) in [6, 6.07) is 12.3. The Bertz CT molecular complexity index is 778. The summed E-state index contributed by atoms with van der Waals surface area (Å²) in [4.78, 5) is 14.7. The van der Waals surface area contributed by atoms with Crippen molar-refractivity contribution in [2.45, 2.75) is 26.0 Å². The Balaban J connectivity index is 1.59. The molecule has 0 spiro atoms. The highest BCUT2D eigenvalue weighted by Crippen LogP contribution is 2.24. The van der Waals surface area contributed by atoms with Crippen molar-refractivity contribution in [3.63, 3.8) is 0 Å². The van der Waals surface area contributed by atoms with Crippen molar-refractivity contribution in [3.05, 3.63) is 71.3 Å². The van der Waals surface area contributed by atoms with Gasteiger partial charge < -0.3 is 10.1 Å².